The van der Waals surface area contributed by atoms with E-state index < -0.39 is 0 Å². The third kappa shape index (κ3) is 2.02. The second kappa shape index (κ2) is 4.61. The van der Waals surface area contributed by atoms with E-state index in [1.165, 1.54) is 5.56 Å². The maximum atomic E-state index is 8.96. The zero-order valence-electron chi connectivity index (χ0n) is 7.31. The molecule has 0 bridgehead atoms. The third-order valence-electron chi connectivity index (χ3n) is 2.51. The van der Waals surface area contributed by atoms with E-state index in [0.717, 1.165) is 6.54 Å². The number of nitrogens with one attached hydrogen (secondary N) is 1. The summed E-state index contributed by atoms with van der Waals surface area (Å²) >= 11 is 0. The van der Waals surface area contributed by atoms with E-state index in [1.807, 2.05) is 18.2 Å². The molecule has 1 aliphatic heterocycles. The molecule has 1 aromatic rings. The van der Waals surface area contributed by atoms with Crippen molar-refractivity contribution in [3.8, 4) is 0 Å². The van der Waals surface area contributed by atoms with E-state index in [9.17, 15) is 0 Å². The first-order chi connectivity index (χ1) is 5.92. The number of aliphatic hydroxyl groups excluding tert-OH is 1. The smallest absolute Gasteiger partial charge is 0.0591 e. The van der Waals surface area contributed by atoms with E-state index in [2.05, 4.69) is 17.4 Å². The van der Waals surface area contributed by atoms with Crippen LogP contribution in [0.4, 0.5) is 0 Å². The lowest BCUT2D eigenvalue weighted by Crippen LogP contribution is -2.53. The summed E-state index contributed by atoms with van der Waals surface area (Å²) in [4.78, 5) is 0. The van der Waals surface area contributed by atoms with E-state index in [-0.39, 0.29) is 25.1 Å². The summed E-state index contributed by atoms with van der Waals surface area (Å²) in [5.74, 6) is 0.510. The van der Waals surface area contributed by atoms with Crippen molar-refractivity contribution in [3.63, 3.8) is 0 Å². The Morgan fingerprint density at radius 1 is 1.31 bits per heavy atom. The van der Waals surface area contributed by atoms with Gasteiger partial charge in [-0.15, -0.1) is 12.4 Å². The van der Waals surface area contributed by atoms with Crippen molar-refractivity contribution in [1.82, 2.24) is 5.32 Å². The van der Waals surface area contributed by atoms with Crippen molar-refractivity contribution in [3.05, 3.63) is 35.9 Å². The van der Waals surface area contributed by atoms with Gasteiger partial charge in [0.1, 0.15) is 0 Å². The van der Waals surface area contributed by atoms with E-state index >= 15 is 0 Å². The number of rotatable bonds is 2. The Hall–Kier alpha value is -0.570. The van der Waals surface area contributed by atoms with Crippen LogP contribution in [0.5, 0.6) is 0 Å². The Morgan fingerprint density at radius 3 is 2.46 bits per heavy atom. The maximum Gasteiger partial charge on any atom is 0.0591 e. The predicted octanol–water partition coefficient (Wildman–Crippen LogP) is 1.16. The molecule has 13 heavy (non-hydrogen) atoms. The van der Waals surface area contributed by atoms with E-state index in [4.69, 9.17) is 5.11 Å². The SMILES string of the molecule is Cl.OC[C@@H]1NC[C@H]1c1ccccc1. The molecule has 0 aliphatic carbocycles. The Balaban J connectivity index is 0.000000845. The average Bonchev–Trinajstić information content (AvgIpc) is 2.05. The topological polar surface area (TPSA) is 32.3 Å². The van der Waals surface area contributed by atoms with Crippen LogP contribution in [0.2, 0.25) is 0 Å². The molecular formula is C10H14ClNO. The van der Waals surface area contributed by atoms with Crippen molar-refractivity contribution in [2.75, 3.05) is 13.2 Å². The molecule has 2 rings (SSSR count). The summed E-state index contributed by atoms with van der Waals surface area (Å²) in [5, 5.41) is 12.1. The molecule has 0 radical (unpaired) electrons. The van der Waals surface area contributed by atoms with Crippen LogP contribution in [0.15, 0.2) is 30.3 Å². The number of hydrogen-bond donors (Lipinski definition) is 2. The monoisotopic (exact) mass is 199 g/mol. The van der Waals surface area contributed by atoms with Crippen molar-refractivity contribution in [2.24, 2.45) is 0 Å². The molecule has 0 unspecified atom stereocenters. The van der Waals surface area contributed by atoms with Gasteiger partial charge in [0.05, 0.1) is 6.61 Å². The zero-order chi connectivity index (χ0) is 8.39. The molecule has 1 fully saturated rings. The number of benzene rings is 1. The standard InChI is InChI=1S/C10H13NO.ClH/c12-7-10-9(6-11-10)8-4-2-1-3-5-8;/h1-5,9-12H,6-7H2;1H/t9-,10-;/m0./s1. The minimum Gasteiger partial charge on any atom is -0.395 e. The fourth-order valence-electron chi connectivity index (χ4n) is 1.64. The molecule has 2 atom stereocenters. The first-order valence-corrected chi connectivity index (χ1v) is 4.31. The summed E-state index contributed by atoms with van der Waals surface area (Å²) in [5.41, 5.74) is 1.33. The van der Waals surface area contributed by atoms with Crippen LogP contribution in [0.1, 0.15) is 11.5 Å². The highest BCUT2D eigenvalue weighted by atomic mass is 35.5. The first kappa shape index (κ1) is 10.5. The summed E-state index contributed by atoms with van der Waals surface area (Å²) < 4.78 is 0. The van der Waals surface area contributed by atoms with Gasteiger partial charge in [0.15, 0.2) is 0 Å². The third-order valence-corrected chi connectivity index (χ3v) is 2.51. The molecule has 0 spiro atoms. The highest BCUT2D eigenvalue weighted by Crippen LogP contribution is 2.25. The molecule has 72 valence electrons. The molecule has 1 aliphatic rings. The van der Waals surface area contributed by atoms with Crippen LogP contribution in [0.3, 0.4) is 0 Å². The largest absolute Gasteiger partial charge is 0.395 e. The van der Waals surface area contributed by atoms with Gasteiger partial charge in [-0.3, -0.25) is 0 Å². The highest BCUT2D eigenvalue weighted by molar-refractivity contribution is 5.85. The molecule has 0 aromatic heterocycles. The van der Waals surface area contributed by atoms with E-state index in [1.54, 1.807) is 0 Å². The number of halogens is 1. The fourth-order valence-corrected chi connectivity index (χ4v) is 1.64. The van der Waals surface area contributed by atoms with Crippen LogP contribution < -0.4 is 5.32 Å². The Bertz CT molecular complexity index is 250. The lowest BCUT2D eigenvalue weighted by molar-refractivity contribution is 0.175. The van der Waals surface area contributed by atoms with Gasteiger partial charge in [-0.1, -0.05) is 30.3 Å². The Kier molecular flexibility index (Phi) is 3.72. The van der Waals surface area contributed by atoms with E-state index in [0.29, 0.717) is 5.92 Å². The molecule has 3 heteroatoms. The van der Waals surface area contributed by atoms with Gasteiger partial charge in [-0.25, -0.2) is 0 Å². The first-order valence-electron chi connectivity index (χ1n) is 4.31. The van der Waals surface area contributed by atoms with Crippen molar-refractivity contribution in [2.45, 2.75) is 12.0 Å². The van der Waals surface area contributed by atoms with Gasteiger partial charge < -0.3 is 10.4 Å². The lowest BCUT2D eigenvalue weighted by Gasteiger charge is -2.37. The minimum absolute atomic E-state index is 0. The van der Waals surface area contributed by atoms with Crippen LogP contribution in [0.25, 0.3) is 0 Å². The molecule has 0 amide bonds. The molecule has 1 heterocycles. The maximum absolute atomic E-state index is 8.96. The van der Waals surface area contributed by atoms with Gasteiger partial charge in [0, 0.05) is 18.5 Å². The predicted molar refractivity (Wildman–Crippen MR) is 55.3 cm³/mol. The number of hydrogen-bond acceptors (Lipinski definition) is 2. The van der Waals surface area contributed by atoms with Crippen LogP contribution in [0, 0.1) is 0 Å². The van der Waals surface area contributed by atoms with Gasteiger partial charge >= 0.3 is 0 Å². The van der Waals surface area contributed by atoms with Gasteiger partial charge in [0.25, 0.3) is 0 Å². The molecule has 0 saturated carbocycles. The fraction of sp³-hybridized carbons (Fsp3) is 0.400. The summed E-state index contributed by atoms with van der Waals surface area (Å²) in [6.45, 7) is 1.23. The van der Waals surface area contributed by atoms with Crippen LogP contribution in [-0.4, -0.2) is 24.3 Å². The van der Waals surface area contributed by atoms with Crippen molar-refractivity contribution < 1.29 is 5.11 Å². The average molecular weight is 200 g/mol. The zero-order valence-corrected chi connectivity index (χ0v) is 8.13. The van der Waals surface area contributed by atoms with Crippen molar-refractivity contribution in [1.29, 1.82) is 0 Å². The molecular weight excluding hydrogens is 186 g/mol. The normalized spacial score (nSPS) is 25.9. The molecule has 1 saturated heterocycles. The summed E-state index contributed by atoms with van der Waals surface area (Å²) in [6, 6.07) is 10.6. The Morgan fingerprint density at radius 2 is 2.00 bits per heavy atom. The van der Waals surface area contributed by atoms with Crippen LogP contribution >= 0.6 is 12.4 Å². The molecule has 2 nitrogen and oxygen atoms in total. The summed E-state index contributed by atoms with van der Waals surface area (Å²) in [7, 11) is 0. The minimum atomic E-state index is 0. The second-order valence-corrected chi connectivity index (χ2v) is 3.21. The van der Waals surface area contributed by atoms with Gasteiger partial charge in [-0.05, 0) is 5.56 Å². The van der Waals surface area contributed by atoms with Gasteiger partial charge in [0.2, 0.25) is 0 Å². The molecule has 2 N–H and O–H groups in total. The van der Waals surface area contributed by atoms with Crippen LogP contribution in [-0.2, 0) is 0 Å². The quantitative estimate of drug-likeness (QED) is 0.749. The number of aliphatic hydroxyl groups is 1. The highest BCUT2D eigenvalue weighted by Gasteiger charge is 2.30. The Labute approximate surface area is 84.4 Å². The second-order valence-electron chi connectivity index (χ2n) is 3.21. The van der Waals surface area contributed by atoms with Gasteiger partial charge in [-0.2, -0.15) is 0 Å². The summed E-state index contributed by atoms with van der Waals surface area (Å²) in [6.07, 6.45) is 0. The van der Waals surface area contributed by atoms with Crippen molar-refractivity contribution >= 4 is 12.4 Å². The molecule has 1 aromatic carbocycles. The lowest BCUT2D eigenvalue weighted by atomic mass is 9.85.